The molecule has 0 fully saturated rings. The number of H-pyrrole nitrogens is 1. The summed E-state index contributed by atoms with van der Waals surface area (Å²) in [5.41, 5.74) is 9.38. The predicted molar refractivity (Wildman–Crippen MR) is 90.2 cm³/mol. The summed E-state index contributed by atoms with van der Waals surface area (Å²) in [6.07, 6.45) is 0. The number of rotatable bonds is 2. The number of aromatic amines is 1. The van der Waals surface area contributed by atoms with E-state index in [4.69, 9.17) is 5.73 Å². The van der Waals surface area contributed by atoms with Gasteiger partial charge < -0.3 is 11.1 Å². The Morgan fingerprint density at radius 2 is 1.91 bits per heavy atom. The molecule has 0 aliphatic rings. The molecule has 2 aromatic carbocycles. The Bertz CT molecular complexity index is 1020. The largest absolute Gasteiger partial charge is 0.383 e. The van der Waals surface area contributed by atoms with E-state index in [1.54, 1.807) is 6.07 Å². The normalized spacial score (nSPS) is 11.2. The number of nitrogen functional groups attached to an aromatic ring is 1. The minimum Gasteiger partial charge on any atom is -0.383 e. The van der Waals surface area contributed by atoms with Crippen molar-refractivity contribution in [2.24, 2.45) is 0 Å². The van der Waals surface area contributed by atoms with Gasteiger partial charge in [0, 0.05) is 17.1 Å². The van der Waals surface area contributed by atoms with E-state index in [9.17, 15) is 4.39 Å². The molecule has 0 aliphatic carbocycles. The molecule has 6 heteroatoms. The van der Waals surface area contributed by atoms with Crippen molar-refractivity contribution in [3.63, 3.8) is 0 Å². The van der Waals surface area contributed by atoms with Crippen molar-refractivity contribution in [3.05, 3.63) is 53.8 Å². The maximum atomic E-state index is 13.4. The molecule has 114 valence electrons. The van der Waals surface area contributed by atoms with Gasteiger partial charge in [-0.2, -0.15) is 5.10 Å². The molecule has 2 heterocycles. The highest BCUT2D eigenvalue weighted by atomic mass is 19.1. The number of hydrogen-bond acceptors (Lipinski definition) is 4. The Kier molecular flexibility index (Phi) is 2.90. The van der Waals surface area contributed by atoms with E-state index in [1.165, 1.54) is 17.7 Å². The highest BCUT2D eigenvalue weighted by molar-refractivity contribution is 6.12. The monoisotopic (exact) mass is 307 g/mol. The standard InChI is InChI=1S/C17H14FN5/c1-9-2-5-11(6-3-9)20-17-14-15(22-23-17)12-7-4-10(18)8-13(12)21-16(14)19/h2-8H,1H3,(H2,19,21)(H2,20,22,23). The van der Waals surface area contributed by atoms with E-state index in [2.05, 4.69) is 20.5 Å². The number of pyridine rings is 1. The van der Waals surface area contributed by atoms with Crippen molar-refractivity contribution in [3.8, 4) is 0 Å². The van der Waals surface area contributed by atoms with Crippen molar-refractivity contribution in [1.29, 1.82) is 0 Å². The number of aryl methyl sites for hydroxylation is 1. The number of anilines is 3. The van der Waals surface area contributed by atoms with Gasteiger partial charge in [0.05, 0.1) is 16.4 Å². The van der Waals surface area contributed by atoms with Crippen molar-refractivity contribution in [2.45, 2.75) is 6.92 Å². The summed E-state index contributed by atoms with van der Waals surface area (Å²) < 4.78 is 13.4. The van der Waals surface area contributed by atoms with Crippen LogP contribution in [0.2, 0.25) is 0 Å². The van der Waals surface area contributed by atoms with Crippen LogP contribution in [0.3, 0.4) is 0 Å². The zero-order valence-electron chi connectivity index (χ0n) is 12.4. The van der Waals surface area contributed by atoms with Gasteiger partial charge in [0.15, 0.2) is 5.82 Å². The summed E-state index contributed by atoms with van der Waals surface area (Å²) in [6, 6.07) is 12.4. The molecule has 0 unspecified atom stereocenters. The third-order valence-electron chi connectivity index (χ3n) is 3.81. The number of benzene rings is 2. The average molecular weight is 307 g/mol. The fraction of sp³-hybridized carbons (Fsp3) is 0.0588. The Morgan fingerprint density at radius 3 is 2.70 bits per heavy atom. The summed E-state index contributed by atoms with van der Waals surface area (Å²) in [5, 5.41) is 12.0. The van der Waals surface area contributed by atoms with Gasteiger partial charge in [-0.15, -0.1) is 0 Å². The van der Waals surface area contributed by atoms with Crippen LogP contribution in [0.4, 0.5) is 21.7 Å². The second kappa shape index (κ2) is 4.95. The highest BCUT2D eigenvalue weighted by Crippen LogP contribution is 2.32. The molecule has 0 atom stereocenters. The van der Waals surface area contributed by atoms with Crippen LogP contribution in [0.25, 0.3) is 21.8 Å². The second-order valence-electron chi connectivity index (χ2n) is 5.47. The van der Waals surface area contributed by atoms with Crippen LogP contribution in [-0.4, -0.2) is 15.2 Å². The lowest BCUT2D eigenvalue weighted by Gasteiger charge is -2.06. The molecule has 4 N–H and O–H groups in total. The average Bonchev–Trinajstić information content (AvgIpc) is 2.94. The highest BCUT2D eigenvalue weighted by Gasteiger charge is 2.14. The summed E-state index contributed by atoms with van der Waals surface area (Å²) >= 11 is 0. The molecule has 0 aliphatic heterocycles. The first-order valence-electron chi connectivity index (χ1n) is 7.18. The zero-order valence-corrected chi connectivity index (χ0v) is 12.4. The van der Waals surface area contributed by atoms with E-state index in [0.717, 1.165) is 16.6 Å². The number of aromatic nitrogens is 3. The lowest BCUT2D eigenvalue weighted by atomic mass is 10.1. The van der Waals surface area contributed by atoms with Gasteiger partial charge >= 0.3 is 0 Å². The number of nitrogens with two attached hydrogens (primary N) is 1. The van der Waals surface area contributed by atoms with Crippen molar-refractivity contribution in [2.75, 3.05) is 11.1 Å². The third-order valence-corrected chi connectivity index (χ3v) is 3.81. The molecule has 4 rings (SSSR count). The number of nitrogens with zero attached hydrogens (tertiary/aromatic N) is 2. The maximum absolute atomic E-state index is 13.4. The number of nitrogens with one attached hydrogen (secondary N) is 2. The summed E-state index contributed by atoms with van der Waals surface area (Å²) in [7, 11) is 0. The quantitative estimate of drug-likeness (QED) is 0.525. The molecule has 23 heavy (non-hydrogen) atoms. The van der Waals surface area contributed by atoms with Crippen molar-refractivity contribution >= 4 is 39.1 Å². The Labute approximate surface area is 131 Å². The SMILES string of the molecule is Cc1ccc(Nc2n[nH]c3c2c(N)nc2cc(F)ccc23)cc1. The minimum absolute atomic E-state index is 0.307. The third kappa shape index (κ3) is 2.24. The molecule has 4 aromatic rings. The smallest absolute Gasteiger partial charge is 0.163 e. The first kappa shape index (κ1) is 13.5. The van der Waals surface area contributed by atoms with Crippen LogP contribution >= 0.6 is 0 Å². The Hall–Kier alpha value is -3.15. The van der Waals surface area contributed by atoms with Crippen LogP contribution in [0, 0.1) is 12.7 Å². The van der Waals surface area contributed by atoms with Gasteiger partial charge in [0.1, 0.15) is 11.6 Å². The molecule has 0 spiro atoms. The number of fused-ring (bicyclic) bond motifs is 3. The van der Waals surface area contributed by atoms with Crippen LogP contribution in [0.5, 0.6) is 0 Å². The molecule has 0 saturated carbocycles. The van der Waals surface area contributed by atoms with Crippen molar-refractivity contribution < 1.29 is 4.39 Å². The van der Waals surface area contributed by atoms with Gasteiger partial charge in [-0.05, 0) is 31.2 Å². The summed E-state index contributed by atoms with van der Waals surface area (Å²) in [6.45, 7) is 2.03. The Balaban J connectivity index is 1.88. The van der Waals surface area contributed by atoms with Crippen LogP contribution in [0.15, 0.2) is 42.5 Å². The van der Waals surface area contributed by atoms with Gasteiger partial charge in [-0.3, -0.25) is 5.10 Å². The van der Waals surface area contributed by atoms with E-state index in [0.29, 0.717) is 22.5 Å². The van der Waals surface area contributed by atoms with Crippen molar-refractivity contribution in [1.82, 2.24) is 15.2 Å². The number of halogens is 1. The topological polar surface area (TPSA) is 79.6 Å². The molecule has 2 aromatic heterocycles. The predicted octanol–water partition coefficient (Wildman–Crippen LogP) is 3.88. The van der Waals surface area contributed by atoms with E-state index < -0.39 is 0 Å². The first-order chi connectivity index (χ1) is 11.1. The minimum atomic E-state index is -0.346. The first-order valence-corrected chi connectivity index (χ1v) is 7.18. The van der Waals surface area contributed by atoms with Gasteiger partial charge in [-0.1, -0.05) is 17.7 Å². The summed E-state index contributed by atoms with van der Waals surface area (Å²) in [4.78, 5) is 4.29. The summed E-state index contributed by atoms with van der Waals surface area (Å²) in [5.74, 6) is 0.558. The van der Waals surface area contributed by atoms with E-state index in [1.807, 2.05) is 31.2 Å². The van der Waals surface area contributed by atoms with Crippen LogP contribution in [0.1, 0.15) is 5.56 Å². The molecule has 0 saturated heterocycles. The molecule has 0 radical (unpaired) electrons. The lowest BCUT2D eigenvalue weighted by Crippen LogP contribution is -1.96. The van der Waals surface area contributed by atoms with Gasteiger partial charge in [0.25, 0.3) is 0 Å². The molecule has 0 amide bonds. The number of hydrogen-bond donors (Lipinski definition) is 3. The molecule has 5 nitrogen and oxygen atoms in total. The lowest BCUT2D eigenvalue weighted by molar-refractivity contribution is 0.629. The van der Waals surface area contributed by atoms with Crippen LogP contribution in [-0.2, 0) is 0 Å². The Morgan fingerprint density at radius 1 is 1.13 bits per heavy atom. The van der Waals surface area contributed by atoms with Gasteiger partial charge in [-0.25, -0.2) is 9.37 Å². The molecular weight excluding hydrogens is 293 g/mol. The van der Waals surface area contributed by atoms with Gasteiger partial charge in [0.2, 0.25) is 0 Å². The second-order valence-corrected chi connectivity index (χ2v) is 5.47. The fourth-order valence-corrected chi connectivity index (χ4v) is 2.64. The van der Waals surface area contributed by atoms with E-state index >= 15 is 0 Å². The maximum Gasteiger partial charge on any atom is 0.163 e. The van der Waals surface area contributed by atoms with E-state index in [-0.39, 0.29) is 5.82 Å². The molecular formula is C17H14FN5. The fourth-order valence-electron chi connectivity index (χ4n) is 2.64. The van der Waals surface area contributed by atoms with Crippen LogP contribution < -0.4 is 11.1 Å². The molecule has 0 bridgehead atoms. The zero-order chi connectivity index (χ0) is 16.0.